The summed E-state index contributed by atoms with van der Waals surface area (Å²) in [6.45, 7) is 4.43. The van der Waals surface area contributed by atoms with Gasteiger partial charge < -0.3 is 5.32 Å². The normalized spacial score (nSPS) is 13.9. The minimum atomic E-state index is 0.309. The van der Waals surface area contributed by atoms with Crippen LogP contribution in [0.25, 0.3) is 0 Å². The SMILES string of the molecule is CCCC(NC(C)c1ccc(Cl)cc1)c1ccccc1. The predicted molar refractivity (Wildman–Crippen MR) is 87.1 cm³/mol. The van der Waals surface area contributed by atoms with E-state index in [-0.39, 0.29) is 0 Å². The van der Waals surface area contributed by atoms with Crippen LogP contribution in [0.3, 0.4) is 0 Å². The second-order valence-corrected chi connectivity index (χ2v) is 5.63. The highest BCUT2D eigenvalue weighted by molar-refractivity contribution is 6.30. The molecule has 0 aliphatic carbocycles. The summed E-state index contributed by atoms with van der Waals surface area (Å²) in [7, 11) is 0. The van der Waals surface area contributed by atoms with Crippen LogP contribution in [0.15, 0.2) is 54.6 Å². The van der Waals surface area contributed by atoms with Crippen molar-refractivity contribution in [3.8, 4) is 0 Å². The van der Waals surface area contributed by atoms with Crippen LogP contribution in [0, 0.1) is 0 Å². The molecule has 2 atom stereocenters. The maximum absolute atomic E-state index is 5.95. The molecule has 0 bridgehead atoms. The fraction of sp³-hybridized carbons (Fsp3) is 0.333. The van der Waals surface area contributed by atoms with Crippen LogP contribution in [-0.4, -0.2) is 0 Å². The molecule has 0 heterocycles. The Morgan fingerprint density at radius 3 is 2.20 bits per heavy atom. The highest BCUT2D eigenvalue weighted by Gasteiger charge is 2.14. The van der Waals surface area contributed by atoms with E-state index in [9.17, 15) is 0 Å². The molecule has 2 heteroatoms. The number of halogens is 1. The Kier molecular flexibility index (Phi) is 5.63. The van der Waals surface area contributed by atoms with E-state index in [4.69, 9.17) is 11.6 Å². The summed E-state index contributed by atoms with van der Waals surface area (Å²) in [5.41, 5.74) is 2.63. The Bertz CT molecular complexity index is 507. The molecule has 0 radical (unpaired) electrons. The van der Waals surface area contributed by atoms with Crippen molar-refractivity contribution in [2.75, 3.05) is 0 Å². The molecule has 0 amide bonds. The standard InChI is InChI=1S/C18H22ClN/c1-3-7-18(16-8-5-4-6-9-16)20-14(2)15-10-12-17(19)13-11-15/h4-6,8-14,18,20H,3,7H2,1-2H3. The van der Waals surface area contributed by atoms with E-state index >= 15 is 0 Å². The van der Waals surface area contributed by atoms with E-state index in [0.717, 1.165) is 11.4 Å². The number of hydrogen-bond acceptors (Lipinski definition) is 1. The summed E-state index contributed by atoms with van der Waals surface area (Å²) in [5, 5.41) is 4.51. The van der Waals surface area contributed by atoms with Crippen LogP contribution in [0.2, 0.25) is 5.02 Å². The van der Waals surface area contributed by atoms with Gasteiger partial charge in [0.05, 0.1) is 0 Å². The molecule has 1 N–H and O–H groups in total. The molecule has 106 valence electrons. The lowest BCUT2D eigenvalue weighted by molar-refractivity contribution is 0.439. The fourth-order valence-electron chi connectivity index (χ4n) is 2.47. The lowest BCUT2D eigenvalue weighted by atomic mass is 10.00. The lowest BCUT2D eigenvalue weighted by Gasteiger charge is -2.24. The minimum Gasteiger partial charge on any atom is -0.303 e. The molecular formula is C18H22ClN. The first-order valence-corrected chi connectivity index (χ1v) is 7.65. The fourth-order valence-corrected chi connectivity index (χ4v) is 2.60. The topological polar surface area (TPSA) is 12.0 Å². The first-order chi connectivity index (χ1) is 9.70. The van der Waals surface area contributed by atoms with Gasteiger partial charge in [-0.1, -0.05) is 67.4 Å². The second-order valence-electron chi connectivity index (χ2n) is 5.19. The zero-order valence-corrected chi connectivity index (χ0v) is 12.9. The van der Waals surface area contributed by atoms with Crippen LogP contribution in [0.5, 0.6) is 0 Å². The summed E-state index contributed by atoms with van der Waals surface area (Å²) in [5.74, 6) is 0. The molecule has 0 saturated carbocycles. The molecule has 0 saturated heterocycles. The van der Waals surface area contributed by atoms with E-state index in [0.29, 0.717) is 12.1 Å². The van der Waals surface area contributed by atoms with Gasteiger partial charge in [-0.05, 0) is 36.6 Å². The Morgan fingerprint density at radius 1 is 0.950 bits per heavy atom. The lowest BCUT2D eigenvalue weighted by Crippen LogP contribution is -2.24. The van der Waals surface area contributed by atoms with Gasteiger partial charge in [0.25, 0.3) is 0 Å². The third-order valence-electron chi connectivity index (χ3n) is 3.60. The smallest absolute Gasteiger partial charge is 0.0406 e. The Balaban J connectivity index is 2.10. The van der Waals surface area contributed by atoms with E-state index in [1.54, 1.807) is 0 Å². The van der Waals surface area contributed by atoms with E-state index in [1.165, 1.54) is 17.5 Å². The molecule has 2 unspecified atom stereocenters. The van der Waals surface area contributed by atoms with E-state index in [2.05, 4.69) is 61.6 Å². The number of rotatable bonds is 6. The first-order valence-electron chi connectivity index (χ1n) is 7.27. The molecule has 0 aliphatic rings. The van der Waals surface area contributed by atoms with Gasteiger partial charge in [-0.15, -0.1) is 0 Å². The van der Waals surface area contributed by atoms with Crippen LogP contribution >= 0.6 is 11.6 Å². The maximum atomic E-state index is 5.95. The minimum absolute atomic E-state index is 0.309. The van der Waals surface area contributed by atoms with Gasteiger partial charge >= 0.3 is 0 Å². The molecule has 20 heavy (non-hydrogen) atoms. The monoisotopic (exact) mass is 287 g/mol. The Hall–Kier alpha value is -1.31. The van der Waals surface area contributed by atoms with Crippen molar-refractivity contribution in [2.45, 2.75) is 38.8 Å². The number of nitrogens with one attached hydrogen (secondary N) is 1. The van der Waals surface area contributed by atoms with E-state index < -0.39 is 0 Å². The molecule has 2 aromatic rings. The van der Waals surface area contributed by atoms with Crippen molar-refractivity contribution < 1.29 is 0 Å². The third-order valence-corrected chi connectivity index (χ3v) is 3.85. The second kappa shape index (κ2) is 7.47. The molecule has 0 spiro atoms. The largest absolute Gasteiger partial charge is 0.303 e. The molecule has 2 rings (SSSR count). The number of benzene rings is 2. The van der Waals surface area contributed by atoms with Crippen molar-refractivity contribution in [2.24, 2.45) is 0 Å². The third kappa shape index (κ3) is 4.09. The summed E-state index contributed by atoms with van der Waals surface area (Å²) < 4.78 is 0. The number of hydrogen-bond donors (Lipinski definition) is 1. The van der Waals surface area contributed by atoms with Gasteiger partial charge in [0.1, 0.15) is 0 Å². The quantitative estimate of drug-likeness (QED) is 0.736. The summed E-state index contributed by atoms with van der Waals surface area (Å²) in [4.78, 5) is 0. The van der Waals surface area contributed by atoms with Gasteiger partial charge in [0.15, 0.2) is 0 Å². The average molecular weight is 288 g/mol. The Morgan fingerprint density at radius 2 is 1.60 bits per heavy atom. The molecule has 2 aromatic carbocycles. The van der Waals surface area contributed by atoms with E-state index in [1.807, 2.05) is 12.1 Å². The van der Waals surface area contributed by atoms with Gasteiger partial charge in [-0.25, -0.2) is 0 Å². The van der Waals surface area contributed by atoms with Gasteiger partial charge in [0, 0.05) is 17.1 Å². The summed E-state index contributed by atoms with van der Waals surface area (Å²) in [6, 6.07) is 19.5. The first kappa shape index (κ1) is 15.1. The summed E-state index contributed by atoms with van der Waals surface area (Å²) >= 11 is 5.95. The molecular weight excluding hydrogens is 266 g/mol. The highest BCUT2D eigenvalue weighted by Crippen LogP contribution is 2.24. The molecule has 1 nitrogen and oxygen atoms in total. The van der Waals surface area contributed by atoms with Crippen molar-refractivity contribution >= 4 is 11.6 Å². The Labute approximate surface area is 127 Å². The molecule has 0 aliphatic heterocycles. The zero-order chi connectivity index (χ0) is 14.4. The van der Waals surface area contributed by atoms with Gasteiger partial charge in [-0.3, -0.25) is 0 Å². The van der Waals surface area contributed by atoms with Crippen LogP contribution < -0.4 is 5.32 Å². The van der Waals surface area contributed by atoms with Crippen molar-refractivity contribution in [1.29, 1.82) is 0 Å². The average Bonchev–Trinajstić information content (AvgIpc) is 2.48. The van der Waals surface area contributed by atoms with Crippen LogP contribution in [-0.2, 0) is 0 Å². The van der Waals surface area contributed by atoms with Crippen LogP contribution in [0.1, 0.15) is 49.9 Å². The highest BCUT2D eigenvalue weighted by atomic mass is 35.5. The van der Waals surface area contributed by atoms with Crippen molar-refractivity contribution in [3.05, 3.63) is 70.7 Å². The molecule has 0 aromatic heterocycles. The van der Waals surface area contributed by atoms with Crippen molar-refractivity contribution in [1.82, 2.24) is 5.32 Å². The summed E-state index contributed by atoms with van der Waals surface area (Å²) in [6.07, 6.45) is 2.31. The maximum Gasteiger partial charge on any atom is 0.0406 e. The van der Waals surface area contributed by atoms with Gasteiger partial charge in [-0.2, -0.15) is 0 Å². The zero-order valence-electron chi connectivity index (χ0n) is 12.1. The van der Waals surface area contributed by atoms with Crippen LogP contribution in [0.4, 0.5) is 0 Å². The van der Waals surface area contributed by atoms with Gasteiger partial charge in [0.2, 0.25) is 0 Å². The predicted octanol–water partition coefficient (Wildman–Crippen LogP) is 5.53. The molecule has 0 fully saturated rings. The van der Waals surface area contributed by atoms with Crippen molar-refractivity contribution in [3.63, 3.8) is 0 Å².